The van der Waals surface area contributed by atoms with Gasteiger partial charge in [-0.25, -0.2) is 0 Å². The van der Waals surface area contributed by atoms with Crippen molar-refractivity contribution in [2.75, 3.05) is 18.9 Å². The quantitative estimate of drug-likeness (QED) is 0.444. The maximum atomic E-state index is 12.2. The van der Waals surface area contributed by atoms with Gasteiger partial charge in [-0.2, -0.15) is 0 Å². The molecule has 0 saturated carbocycles. The topological polar surface area (TPSA) is 92.6 Å². The fourth-order valence-electron chi connectivity index (χ4n) is 2.17. The molecule has 7 nitrogen and oxygen atoms in total. The third-order valence-electron chi connectivity index (χ3n) is 3.52. The highest BCUT2D eigenvalue weighted by Gasteiger charge is 2.15. The van der Waals surface area contributed by atoms with Crippen molar-refractivity contribution in [1.29, 1.82) is 0 Å². The SMILES string of the molecule is CN(CC(=O)Nc1c(Cl)cccc1Cl)C(=O)/C=C/c1ccccc1[N+](=O)[O-]. The third-order valence-corrected chi connectivity index (χ3v) is 4.15. The van der Waals surface area contributed by atoms with Crippen LogP contribution in [0.25, 0.3) is 6.08 Å². The lowest BCUT2D eigenvalue weighted by Crippen LogP contribution is -2.34. The fourth-order valence-corrected chi connectivity index (χ4v) is 2.66. The second-order valence-electron chi connectivity index (χ2n) is 5.49. The van der Waals surface area contributed by atoms with E-state index in [1.807, 2.05) is 0 Å². The van der Waals surface area contributed by atoms with Crippen LogP contribution < -0.4 is 5.32 Å². The molecule has 0 aliphatic rings. The maximum absolute atomic E-state index is 12.2. The standard InChI is InChI=1S/C18H15Cl2N3O4/c1-22(11-16(24)21-18-13(19)6-4-7-14(18)20)17(25)10-9-12-5-2-3-8-15(12)23(26)27/h2-10H,11H2,1H3,(H,21,24)/b10-9+. The van der Waals surface area contributed by atoms with Gasteiger partial charge in [-0.05, 0) is 24.3 Å². The van der Waals surface area contributed by atoms with Crippen LogP contribution in [0.1, 0.15) is 5.56 Å². The molecule has 140 valence electrons. The zero-order chi connectivity index (χ0) is 20.0. The van der Waals surface area contributed by atoms with Crippen molar-refractivity contribution in [2.24, 2.45) is 0 Å². The highest BCUT2D eigenvalue weighted by atomic mass is 35.5. The summed E-state index contributed by atoms with van der Waals surface area (Å²) in [5, 5.41) is 14.1. The normalized spacial score (nSPS) is 10.6. The summed E-state index contributed by atoms with van der Waals surface area (Å²) in [6, 6.07) is 10.8. The molecule has 0 radical (unpaired) electrons. The molecule has 0 aliphatic carbocycles. The van der Waals surface area contributed by atoms with E-state index < -0.39 is 16.7 Å². The molecule has 2 aromatic carbocycles. The van der Waals surface area contributed by atoms with E-state index in [-0.39, 0.29) is 33.5 Å². The van der Waals surface area contributed by atoms with Crippen molar-refractivity contribution in [1.82, 2.24) is 4.90 Å². The third kappa shape index (κ3) is 5.54. The van der Waals surface area contributed by atoms with Crippen molar-refractivity contribution < 1.29 is 14.5 Å². The molecule has 1 N–H and O–H groups in total. The van der Waals surface area contributed by atoms with E-state index in [9.17, 15) is 19.7 Å². The second kappa shape index (κ2) is 9.16. The lowest BCUT2D eigenvalue weighted by Gasteiger charge is -2.15. The molecule has 0 atom stereocenters. The van der Waals surface area contributed by atoms with Gasteiger partial charge in [0.1, 0.15) is 0 Å². The van der Waals surface area contributed by atoms with Crippen LogP contribution in [0.5, 0.6) is 0 Å². The van der Waals surface area contributed by atoms with Gasteiger partial charge in [-0.1, -0.05) is 41.4 Å². The van der Waals surface area contributed by atoms with E-state index in [0.717, 1.165) is 11.0 Å². The van der Waals surface area contributed by atoms with Crippen LogP contribution in [0.15, 0.2) is 48.5 Å². The number of halogens is 2. The number of hydrogen-bond acceptors (Lipinski definition) is 4. The first-order valence-corrected chi connectivity index (χ1v) is 8.45. The van der Waals surface area contributed by atoms with Gasteiger partial charge in [0, 0.05) is 19.2 Å². The molecule has 0 heterocycles. The van der Waals surface area contributed by atoms with Gasteiger partial charge in [0.05, 0.1) is 32.8 Å². The fraction of sp³-hybridized carbons (Fsp3) is 0.111. The summed E-state index contributed by atoms with van der Waals surface area (Å²) in [4.78, 5) is 35.9. The Kier molecular flexibility index (Phi) is 6.92. The highest BCUT2D eigenvalue weighted by molar-refractivity contribution is 6.39. The van der Waals surface area contributed by atoms with E-state index in [1.165, 1.54) is 31.3 Å². The van der Waals surface area contributed by atoms with Crippen molar-refractivity contribution in [3.05, 3.63) is 74.3 Å². The van der Waals surface area contributed by atoms with Crippen LogP contribution in [-0.2, 0) is 9.59 Å². The summed E-state index contributed by atoms with van der Waals surface area (Å²) in [7, 11) is 1.43. The number of nitrogens with one attached hydrogen (secondary N) is 1. The number of nitro groups is 1. The molecule has 0 spiro atoms. The largest absolute Gasteiger partial charge is 0.333 e. The molecule has 0 aliphatic heterocycles. The highest BCUT2D eigenvalue weighted by Crippen LogP contribution is 2.29. The predicted octanol–water partition coefficient (Wildman–Crippen LogP) is 4.01. The molecule has 2 amide bonds. The number of para-hydroxylation sites is 2. The Hall–Kier alpha value is -2.90. The Morgan fingerprint density at radius 3 is 2.41 bits per heavy atom. The number of anilines is 1. The molecule has 2 rings (SSSR count). The van der Waals surface area contributed by atoms with Crippen LogP contribution in [0.2, 0.25) is 10.0 Å². The Morgan fingerprint density at radius 1 is 1.15 bits per heavy atom. The first kappa shape index (κ1) is 20.4. The summed E-state index contributed by atoms with van der Waals surface area (Å²) < 4.78 is 0. The van der Waals surface area contributed by atoms with E-state index in [1.54, 1.807) is 24.3 Å². The second-order valence-corrected chi connectivity index (χ2v) is 6.30. The average molecular weight is 408 g/mol. The van der Waals surface area contributed by atoms with E-state index in [0.29, 0.717) is 0 Å². The molecule has 0 saturated heterocycles. The minimum absolute atomic E-state index is 0.115. The number of likely N-dealkylation sites (N-methyl/N-ethyl adjacent to an activating group) is 1. The van der Waals surface area contributed by atoms with Crippen molar-refractivity contribution >= 4 is 52.5 Å². The number of carbonyl (C=O) groups is 2. The number of amides is 2. The maximum Gasteiger partial charge on any atom is 0.276 e. The van der Waals surface area contributed by atoms with Crippen LogP contribution >= 0.6 is 23.2 Å². The monoisotopic (exact) mass is 407 g/mol. The van der Waals surface area contributed by atoms with E-state index >= 15 is 0 Å². The zero-order valence-electron chi connectivity index (χ0n) is 14.2. The van der Waals surface area contributed by atoms with E-state index in [2.05, 4.69) is 5.32 Å². The van der Waals surface area contributed by atoms with Crippen molar-refractivity contribution in [3.8, 4) is 0 Å². The molecular formula is C18H15Cl2N3O4. The lowest BCUT2D eigenvalue weighted by molar-refractivity contribution is -0.385. The van der Waals surface area contributed by atoms with Gasteiger partial charge in [0.15, 0.2) is 0 Å². The van der Waals surface area contributed by atoms with Crippen molar-refractivity contribution in [3.63, 3.8) is 0 Å². The summed E-state index contributed by atoms with van der Waals surface area (Å²) in [5.74, 6) is -0.978. The lowest BCUT2D eigenvalue weighted by atomic mass is 10.1. The van der Waals surface area contributed by atoms with Gasteiger partial charge in [-0.15, -0.1) is 0 Å². The number of carbonyl (C=O) groups excluding carboxylic acids is 2. The molecule has 27 heavy (non-hydrogen) atoms. The minimum atomic E-state index is -0.533. The number of rotatable bonds is 6. The van der Waals surface area contributed by atoms with Crippen molar-refractivity contribution in [2.45, 2.75) is 0 Å². The first-order chi connectivity index (χ1) is 12.8. The first-order valence-electron chi connectivity index (χ1n) is 7.70. The van der Waals surface area contributed by atoms with Gasteiger partial charge in [0.25, 0.3) is 5.69 Å². The predicted molar refractivity (Wildman–Crippen MR) is 105 cm³/mol. The smallest absolute Gasteiger partial charge is 0.276 e. The van der Waals surface area contributed by atoms with Gasteiger partial charge >= 0.3 is 0 Å². The Bertz CT molecular complexity index is 895. The van der Waals surface area contributed by atoms with E-state index in [4.69, 9.17) is 23.2 Å². The number of hydrogen-bond donors (Lipinski definition) is 1. The Morgan fingerprint density at radius 2 is 1.78 bits per heavy atom. The van der Waals surface area contributed by atoms with Gasteiger partial charge in [-0.3, -0.25) is 19.7 Å². The van der Waals surface area contributed by atoms with Crippen LogP contribution in [0.4, 0.5) is 11.4 Å². The summed E-state index contributed by atoms with van der Waals surface area (Å²) in [5.41, 5.74) is 0.439. The van der Waals surface area contributed by atoms with Gasteiger partial charge < -0.3 is 10.2 Å². The van der Waals surface area contributed by atoms with Crippen LogP contribution in [0, 0.1) is 10.1 Å². The average Bonchev–Trinajstić information content (AvgIpc) is 2.63. The number of nitrogens with zero attached hydrogens (tertiary/aromatic N) is 2. The molecule has 9 heteroatoms. The zero-order valence-corrected chi connectivity index (χ0v) is 15.7. The summed E-state index contributed by atoms with van der Waals surface area (Å²) in [6.45, 7) is -0.248. The minimum Gasteiger partial charge on any atom is -0.333 e. The molecule has 0 aromatic heterocycles. The number of nitro benzene ring substituents is 1. The Labute approximate surface area is 165 Å². The van der Waals surface area contributed by atoms with Crippen LogP contribution in [-0.4, -0.2) is 35.2 Å². The molecule has 2 aromatic rings. The summed E-state index contributed by atoms with van der Waals surface area (Å²) >= 11 is 12.0. The number of benzene rings is 2. The molecule has 0 bridgehead atoms. The van der Waals surface area contributed by atoms with Gasteiger partial charge in [0.2, 0.25) is 11.8 Å². The molecular weight excluding hydrogens is 393 g/mol. The molecule has 0 unspecified atom stereocenters. The summed E-state index contributed by atoms with van der Waals surface area (Å²) in [6.07, 6.45) is 2.50. The molecule has 0 fully saturated rings. The Balaban J connectivity index is 2.01. The van der Waals surface area contributed by atoms with Crippen LogP contribution in [0.3, 0.4) is 0 Å².